The van der Waals surface area contributed by atoms with Crippen molar-refractivity contribution in [1.82, 2.24) is 10.6 Å². The van der Waals surface area contributed by atoms with Gasteiger partial charge in [0.2, 0.25) is 0 Å². The fraction of sp³-hybridized carbons (Fsp3) is 0.562. The van der Waals surface area contributed by atoms with Crippen LogP contribution in [0.5, 0.6) is 0 Å². The molecule has 2 heterocycles. The molecule has 0 radical (unpaired) electrons. The van der Waals surface area contributed by atoms with Crippen molar-refractivity contribution in [3.8, 4) is 0 Å². The van der Waals surface area contributed by atoms with E-state index in [0.717, 1.165) is 38.1 Å². The number of fused-ring (bicyclic) bond motifs is 1. The number of carbonyl (C=O) groups excluding carboxylic acids is 1. The highest BCUT2D eigenvalue weighted by Crippen LogP contribution is 2.17. The van der Waals surface area contributed by atoms with Crippen LogP contribution < -0.4 is 10.6 Å². The highest BCUT2D eigenvalue weighted by atomic mass is 16.5. The minimum atomic E-state index is 0.0236. The summed E-state index contributed by atoms with van der Waals surface area (Å²) >= 11 is 0. The zero-order valence-electron chi connectivity index (χ0n) is 11.8. The molecule has 0 bridgehead atoms. The van der Waals surface area contributed by atoms with Crippen molar-refractivity contribution in [2.45, 2.75) is 44.9 Å². The number of nitrogens with one attached hydrogen (secondary N) is 2. The number of hydrogen-bond donors (Lipinski definition) is 2. The average Bonchev–Trinajstić information content (AvgIpc) is 2.95. The third-order valence-electron chi connectivity index (χ3n) is 4.13. The Bertz CT molecular complexity index is 481. The largest absolute Gasteiger partial charge is 0.378 e. The molecule has 2 aliphatic heterocycles. The Morgan fingerprint density at radius 1 is 1.30 bits per heavy atom. The summed E-state index contributed by atoms with van der Waals surface area (Å²) in [7, 11) is 0. The highest BCUT2D eigenvalue weighted by Gasteiger charge is 2.15. The van der Waals surface area contributed by atoms with E-state index in [1.165, 1.54) is 24.0 Å². The zero-order chi connectivity index (χ0) is 13.8. The summed E-state index contributed by atoms with van der Waals surface area (Å²) < 4.78 is 5.67. The number of rotatable bonds is 4. The molecule has 20 heavy (non-hydrogen) atoms. The maximum absolute atomic E-state index is 12.1. The fourth-order valence-electron chi connectivity index (χ4n) is 2.92. The molecule has 108 valence electrons. The van der Waals surface area contributed by atoms with E-state index in [9.17, 15) is 4.79 Å². The molecule has 3 rings (SSSR count). The molecule has 2 aliphatic rings. The third kappa shape index (κ3) is 3.19. The average molecular weight is 274 g/mol. The van der Waals surface area contributed by atoms with Crippen molar-refractivity contribution < 1.29 is 9.53 Å². The molecular formula is C16H22N2O2. The number of hydrogen-bond acceptors (Lipinski definition) is 3. The number of benzene rings is 1. The summed E-state index contributed by atoms with van der Waals surface area (Å²) in [6, 6.07) is 5.97. The number of ether oxygens (including phenoxy) is 1. The Labute approximate surface area is 119 Å². The van der Waals surface area contributed by atoms with Crippen molar-refractivity contribution in [2.24, 2.45) is 0 Å². The van der Waals surface area contributed by atoms with Crippen LogP contribution in [0.3, 0.4) is 0 Å². The van der Waals surface area contributed by atoms with Crippen molar-refractivity contribution in [3.63, 3.8) is 0 Å². The van der Waals surface area contributed by atoms with Gasteiger partial charge in [0.25, 0.3) is 5.91 Å². The van der Waals surface area contributed by atoms with Crippen LogP contribution in [0.4, 0.5) is 0 Å². The maximum Gasteiger partial charge on any atom is 0.251 e. The van der Waals surface area contributed by atoms with Crippen molar-refractivity contribution in [1.29, 1.82) is 0 Å². The Morgan fingerprint density at radius 2 is 2.20 bits per heavy atom. The van der Waals surface area contributed by atoms with Crippen LogP contribution in [0.2, 0.25) is 0 Å². The molecular weight excluding hydrogens is 252 g/mol. The van der Waals surface area contributed by atoms with Crippen LogP contribution >= 0.6 is 0 Å². The van der Waals surface area contributed by atoms with Crippen LogP contribution in [-0.4, -0.2) is 25.2 Å². The lowest BCUT2D eigenvalue weighted by atomic mass is 10.1. The lowest BCUT2D eigenvalue weighted by Gasteiger charge is -2.22. The third-order valence-corrected chi connectivity index (χ3v) is 4.13. The predicted molar refractivity (Wildman–Crippen MR) is 77.5 cm³/mol. The molecule has 1 amide bonds. The second kappa shape index (κ2) is 6.37. The molecule has 2 N–H and O–H groups in total. The predicted octanol–water partition coefficient (Wildman–Crippen LogP) is 1.98. The van der Waals surface area contributed by atoms with Gasteiger partial charge in [0.15, 0.2) is 0 Å². The maximum atomic E-state index is 12.1. The van der Waals surface area contributed by atoms with Crippen LogP contribution in [-0.2, 0) is 17.8 Å². The van der Waals surface area contributed by atoms with Crippen molar-refractivity contribution in [3.05, 3.63) is 34.9 Å². The van der Waals surface area contributed by atoms with Gasteiger partial charge in [-0.25, -0.2) is 0 Å². The van der Waals surface area contributed by atoms with Gasteiger partial charge in [-0.05, 0) is 48.9 Å². The van der Waals surface area contributed by atoms with Gasteiger partial charge in [-0.1, -0.05) is 6.07 Å². The molecule has 1 fully saturated rings. The van der Waals surface area contributed by atoms with E-state index in [1.807, 2.05) is 12.1 Å². The van der Waals surface area contributed by atoms with Gasteiger partial charge in [0.1, 0.15) is 0 Å². The summed E-state index contributed by atoms with van der Waals surface area (Å²) in [6.45, 7) is 3.35. The first-order chi connectivity index (χ1) is 9.83. The van der Waals surface area contributed by atoms with Crippen LogP contribution in [0, 0.1) is 0 Å². The highest BCUT2D eigenvalue weighted by molar-refractivity contribution is 5.94. The smallest absolute Gasteiger partial charge is 0.251 e. The molecule has 0 aromatic heterocycles. The van der Waals surface area contributed by atoms with Crippen molar-refractivity contribution in [2.75, 3.05) is 13.2 Å². The monoisotopic (exact) mass is 274 g/mol. The van der Waals surface area contributed by atoms with Crippen LogP contribution in [0.15, 0.2) is 18.2 Å². The van der Waals surface area contributed by atoms with Crippen LogP contribution in [0.25, 0.3) is 0 Å². The molecule has 4 heteroatoms. The molecule has 1 aromatic carbocycles. The quantitative estimate of drug-likeness (QED) is 0.882. The van der Waals surface area contributed by atoms with Crippen molar-refractivity contribution >= 4 is 5.91 Å². The second-order valence-electron chi connectivity index (χ2n) is 5.62. The normalized spacial score (nSPS) is 21.5. The first kappa shape index (κ1) is 13.6. The van der Waals surface area contributed by atoms with E-state index in [-0.39, 0.29) is 5.91 Å². The molecule has 0 spiro atoms. The summed E-state index contributed by atoms with van der Waals surface area (Å²) in [5.41, 5.74) is 3.31. The van der Waals surface area contributed by atoms with Gasteiger partial charge in [0, 0.05) is 31.8 Å². The van der Waals surface area contributed by atoms with E-state index in [2.05, 4.69) is 16.7 Å². The molecule has 0 saturated carbocycles. The minimum Gasteiger partial charge on any atom is -0.378 e. The Balaban J connectivity index is 1.49. The number of carbonyl (C=O) groups is 1. The second-order valence-corrected chi connectivity index (χ2v) is 5.62. The van der Waals surface area contributed by atoms with Gasteiger partial charge in [-0.2, -0.15) is 0 Å². The van der Waals surface area contributed by atoms with E-state index < -0.39 is 0 Å². The first-order valence-electron chi connectivity index (χ1n) is 7.55. The van der Waals surface area contributed by atoms with Gasteiger partial charge < -0.3 is 15.4 Å². The van der Waals surface area contributed by atoms with Gasteiger partial charge in [0.05, 0.1) is 6.10 Å². The summed E-state index contributed by atoms with van der Waals surface area (Å²) in [6.07, 6.45) is 4.79. The summed E-state index contributed by atoms with van der Waals surface area (Å²) in [4.78, 5) is 12.1. The van der Waals surface area contributed by atoms with Gasteiger partial charge >= 0.3 is 0 Å². The molecule has 0 aliphatic carbocycles. The lowest BCUT2D eigenvalue weighted by Crippen LogP contribution is -2.29. The molecule has 1 saturated heterocycles. The zero-order valence-corrected chi connectivity index (χ0v) is 11.8. The summed E-state index contributed by atoms with van der Waals surface area (Å²) in [5, 5.41) is 6.29. The van der Waals surface area contributed by atoms with Crippen LogP contribution in [0.1, 0.15) is 47.2 Å². The Morgan fingerprint density at radius 3 is 3.05 bits per heavy atom. The Hall–Kier alpha value is -1.39. The molecule has 1 atom stereocenters. The molecule has 1 unspecified atom stereocenters. The van der Waals surface area contributed by atoms with E-state index in [1.54, 1.807) is 0 Å². The minimum absolute atomic E-state index is 0.0236. The first-order valence-corrected chi connectivity index (χ1v) is 7.55. The van der Waals surface area contributed by atoms with E-state index in [4.69, 9.17) is 4.74 Å². The Kier molecular flexibility index (Phi) is 4.33. The van der Waals surface area contributed by atoms with E-state index >= 15 is 0 Å². The number of amides is 1. The SMILES string of the molecule is O=C(NCCC1CCCCO1)c1ccc2c(c1)CNC2. The topological polar surface area (TPSA) is 50.4 Å². The fourth-order valence-corrected chi connectivity index (χ4v) is 2.92. The standard InChI is InChI=1S/C16H22N2O2/c19-16(18-7-6-15-3-1-2-8-20-15)12-4-5-13-10-17-11-14(13)9-12/h4-5,9,15,17H,1-3,6-8,10-11H2,(H,18,19). The van der Waals surface area contributed by atoms with Gasteiger partial charge in [-0.15, -0.1) is 0 Å². The molecule has 4 nitrogen and oxygen atoms in total. The van der Waals surface area contributed by atoms with Gasteiger partial charge in [-0.3, -0.25) is 4.79 Å². The molecule has 1 aromatic rings. The summed E-state index contributed by atoms with van der Waals surface area (Å²) in [5.74, 6) is 0.0236. The van der Waals surface area contributed by atoms with E-state index in [0.29, 0.717) is 12.6 Å². The lowest BCUT2D eigenvalue weighted by molar-refractivity contribution is 0.0117.